The first-order valence-electron chi connectivity index (χ1n) is 8.81. The van der Waals surface area contributed by atoms with Crippen molar-refractivity contribution in [3.05, 3.63) is 81.6 Å². The smallest absolute Gasteiger partial charge is 0.225 e. The Kier molecular flexibility index (Phi) is 5.79. The van der Waals surface area contributed by atoms with Crippen LogP contribution in [0, 0.1) is 25.5 Å². The molecule has 0 bridgehead atoms. The Morgan fingerprint density at radius 2 is 1.86 bits per heavy atom. The molecule has 4 nitrogen and oxygen atoms in total. The van der Waals surface area contributed by atoms with Gasteiger partial charge < -0.3 is 5.32 Å². The first-order chi connectivity index (χ1) is 13.3. The van der Waals surface area contributed by atoms with Gasteiger partial charge in [-0.2, -0.15) is 5.10 Å². The summed E-state index contributed by atoms with van der Waals surface area (Å²) in [4.78, 5) is 12.5. The van der Waals surface area contributed by atoms with Crippen molar-refractivity contribution in [1.82, 2.24) is 15.1 Å². The lowest BCUT2D eigenvalue weighted by Crippen LogP contribution is -2.29. The van der Waals surface area contributed by atoms with E-state index in [0.717, 1.165) is 28.7 Å². The van der Waals surface area contributed by atoms with Crippen LogP contribution in [0.15, 0.2) is 42.5 Å². The van der Waals surface area contributed by atoms with Crippen molar-refractivity contribution in [2.75, 3.05) is 0 Å². The maximum absolute atomic E-state index is 13.9. The molecule has 28 heavy (non-hydrogen) atoms. The summed E-state index contributed by atoms with van der Waals surface area (Å²) in [6.45, 7) is 5.39. The van der Waals surface area contributed by atoms with Crippen LogP contribution in [-0.2, 0) is 11.2 Å². The van der Waals surface area contributed by atoms with E-state index in [9.17, 15) is 13.6 Å². The maximum Gasteiger partial charge on any atom is 0.225 e. The van der Waals surface area contributed by atoms with Gasteiger partial charge >= 0.3 is 0 Å². The lowest BCUT2D eigenvalue weighted by Gasteiger charge is -2.15. The highest BCUT2D eigenvalue weighted by Crippen LogP contribution is 2.21. The molecular formula is C21H20ClF2N3O. The Labute approximate surface area is 167 Å². The standard InChI is InChI=1S/C21H20ClF2N3O/c1-12(18-9-6-16(23)10-20(18)24)25-21(28)11-19-13(2)26-27(14(19)3)17-7-4-15(22)5-8-17/h4-10,12H,11H2,1-3H3,(H,25,28). The lowest BCUT2D eigenvalue weighted by molar-refractivity contribution is -0.121. The number of amides is 1. The van der Waals surface area contributed by atoms with Gasteiger partial charge in [-0.05, 0) is 51.1 Å². The summed E-state index contributed by atoms with van der Waals surface area (Å²) in [7, 11) is 0. The van der Waals surface area contributed by atoms with E-state index in [1.165, 1.54) is 12.1 Å². The minimum Gasteiger partial charge on any atom is -0.349 e. The molecule has 1 atom stereocenters. The van der Waals surface area contributed by atoms with E-state index in [4.69, 9.17) is 11.6 Å². The molecule has 1 unspecified atom stereocenters. The number of hydrogen-bond donors (Lipinski definition) is 1. The molecule has 0 fully saturated rings. The van der Waals surface area contributed by atoms with E-state index in [1.807, 2.05) is 26.0 Å². The van der Waals surface area contributed by atoms with Gasteiger partial charge in [-0.25, -0.2) is 13.5 Å². The van der Waals surface area contributed by atoms with E-state index in [0.29, 0.717) is 5.02 Å². The fourth-order valence-electron chi connectivity index (χ4n) is 3.15. The number of rotatable bonds is 5. The van der Waals surface area contributed by atoms with E-state index >= 15 is 0 Å². The van der Waals surface area contributed by atoms with Gasteiger partial charge in [0.15, 0.2) is 0 Å². The summed E-state index contributed by atoms with van der Waals surface area (Å²) in [6, 6.07) is 9.99. The third kappa shape index (κ3) is 4.22. The van der Waals surface area contributed by atoms with E-state index in [1.54, 1.807) is 23.7 Å². The van der Waals surface area contributed by atoms with Crippen LogP contribution in [0.2, 0.25) is 5.02 Å². The first-order valence-corrected chi connectivity index (χ1v) is 9.19. The summed E-state index contributed by atoms with van der Waals surface area (Å²) in [5, 5.41) is 7.91. The van der Waals surface area contributed by atoms with Gasteiger partial charge in [0.2, 0.25) is 5.91 Å². The number of benzene rings is 2. The SMILES string of the molecule is Cc1nn(-c2ccc(Cl)cc2)c(C)c1CC(=O)NC(C)c1ccc(F)cc1F. The average Bonchev–Trinajstić information content (AvgIpc) is 2.90. The molecule has 0 radical (unpaired) electrons. The molecule has 0 aliphatic rings. The lowest BCUT2D eigenvalue weighted by atomic mass is 10.1. The summed E-state index contributed by atoms with van der Waals surface area (Å²) in [6.07, 6.45) is 0.110. The topological polar surface area (TPSA) is 46.9 Å². The fourth-order valence-corrected chi connectivity index (χ4v) is 3.27. The van der Waals surface area contributed by atoms with Crippen LogP contribution in [-0.4, -0.2) is 15.7 Å². The molecule has 3 rings (SSSR count). The molecule has 0 spiro atoms. The monoisotopic (exact) mass is 403 g/mol. The summed E-state index contributed by atoms with van der Waals surface area (Å²) >= 11 is 5.93. The highest BCUT2D eigenvalue weighted by molar-refractivity contribution is 6.30. The van der Waals surface area contributed by atoms with E-state index in [-0.39, 0.29) is 17.9 Å². The van der Waals surface area contributed by atoms with E-state index < -0.39 is 17.7 Å². The number of carbonyl (C=O) groups excluding carboxylic acids is 1. The van der Waals surface area contributed by atoms with Gasteiger partial charge in [0.05, 0.1) is 23.8 Å². The third-order valence-electron chi connectivity index (χ3n) is 4.66. The van der Waals surface area contributed by atoms with Gasteiger partial charge in [0.25, 0.3) is 0 Å². The normalized spacial score (nSPS) is 12.1. The number of aromatic nitrogens is 2. The molecule has 2 aromatic carbocycles. The molecule has 7 heteroatoms. The zero-order chi connectivity index (χ0) is 20.4. The minimum absolute atomic E-state index is 0.110. The highest BCUT2D eigenvalue weighted by Gasteiger charge is 2.19. The van der Waals surface area contributed by atoms with Gasteiger partial charge in [0, 0.05) is 27.9 Å². The predicted octanol–water partition coefficient (Wildman–Crippen LogP) is 4.84. The maximum atomic E-state index is 13.9. The zero-order valence-corrected chi connectivity index (χ0v) is 16.5. The second kappa shape index (κ2) is 8.10. The molecule has 1 N–H and O–H groups in total. The number of nitrogens with zero attached hydrogens (tertiary/aromatic N) is 2. The molecular weight excluding hydrogens is 384 g/mol. The van der Waals surface area contributed by atoms with Crippen molar-refractivity contribution >= 4 is 17.5 Å². The number of aryl methyl sites for hydroxylation is 1. The van der Waals surface area contributed by atoms with E-state index in [2.05, 4.69) is 10.4 Å². The Bertz CT molecular complexity index is 1020. The van der Waals surface area contributed by atoms with Gasteiger partial charge in [-0.1, -0.05) is 17.7 Å². The molecule has 0 saturated carbocycles. The molecule has 1 amide bonds. The van der Waals surface area contributed by atoms with Crippen LogP contribution < -0.4 is 5.32 Å². The molecule has 3 aromatic rings. The molecule has 0 saturated heterocycles. The van der Waals surface area contributed by atoms with Crippen LogP contribution in [0.25, 0.3) is 5.69 Å². The molecule has 1 heterocycles. The number of nitrogens with one attached hydrogen (secondary N) is 1. The molecule has 146 valence electrons. The quantitative estimate of drug-likeness (QED) is 0.662. The van der Waals surface area contributed by atoms with Crippen molar-refractivity contribution in [1.29, 1.82) is 0 Å². The van der Waals surface area contributed by atoms with Gasteiger partial charge in [-0.15, -0.1) is 0 Å². The summed E-state index contributed by atoms with van der Waals surface area (Å²) < 4.78 is 28.7. The molecule has 0 aliphatic heterocycles. The second-order valence-electron chi connectivity index (χ2n) is 6.67. The van der Waals surface area contributed by atoms with Crippen molar-refractivity contribution in [2.45, 2.75) is 33.2 Å². The Morgan fingerprint density at radius 3 is 2.50 bits per heavy atom. The summed E-state index contributed by atoms with van der Waals surface area (Å²) in [5.74, 6) is -1.60. The second-order valence-corrected chi connectivity index (χ2v) is 7.11. The highest BCUT2D eigenvalue weighted by atomic mass is 35.5. The van der Waals surface area contributed by atoms with Crippen LogP contribution in [0.5, 0.6) is 0 Å². The fraction of sp³-hybridized carbons (Fsp3) is 0.238. The summed E-state index contributed by atoms with van der Waals surface area (Å²) in [5.41, 5.74) is 3.47. The largest absolute Gasteiger partial charge is 0.349 e. The Morgan fingerprint density at radius 1 is 1.18 bits per heavy atom. The van der Waals surface area contributed by atoms with Crippen molar-refractivity contribution in [2.24, 2.45) is 0 Å². The number of hydrogen-bond acceptors (Lipinski definition) is 2. The first kappa shape index (κ1) is 20.0. The van der Waals surface area contributed by atoms with Crippen LogP contribution in [0.4, 0.5) is 8.78 Å². The Hall–Kier alpha value is -2.73. The third-order valence-corrected chi connectivity index (χ3v) is 4.91. The van der Waals surface area contributed by atoms with Crippen molar-refractivity contribution < 1.29 is 13.6 Å². The number of carbonyl (C=O) groups is 1. The Balaban J connectivity index is 1.76. The molecule has 1 aromatic heterocycles. The molecule has 0 aliphatic carbocycles. The van der Waals surface area contributed by atoms with Crippen LogP contribution in [0.1, 0.15) is 35.5 Å². The predicted molar refractivity (Wildman–Crippen MR) is 105 cm³/mol. The zero-order valence-electron chi connectivity index (χ0n) is 15.8. The number of halogens is 3. The average molecular weight is 404 g/mol. The van der Waals surface area contributed by atoms with Gasteiger partial charge in [0.1, 0.15) is 11.6 Å². The van der Waals surface area contributed by atoms with Gasteiger partial charge in [-0.3, -0.25) is 4.79 Å². The minimum atomic E-state index is -0.685. The van der Waals surface area contributed by atoms with Crippen molar-refractivity contribution in [3.63, 3.8) is 0 Å². The van der Waals surface area contributed by atoms with Crippen molar-refractivity contribution in [3.8, 4) is 5.69 Å². The van der Waals surface area contributed by atoms with Crippen LogP contribution >= 0.6 is 11.6 Å². The van der Waals surface area contributed by atoms with Crippen LogP contribution in [0.3, 0.4) is 0 Å².